The normalized spacial score (nSPS) is 21.2. The van der Waals surface area contributed by atoms with Crippen LogP contribution in [0.15, 0.2) is 16.5 Å². The molecule has 1 fully saturated rings. The maximum absolute atomic E-state index is 11.4. The molecular formula is C15H23NO3. The number of aliphatic carboxylic acids is 1. The Hall–Kier alpha value is -1.29. The van der Waals surface area contributed by atoms with Crippen LogP contribution in [0.3, 0.4) is 0 Å². The lowest BCUT2D eigenvalue weighted by atomic mass is 9.76. The molecule has 1 unspecified atom stereocenters. The third kappa shape index (κ3) is 2.68. The first-order chi connectivity index (χ1) is 8.98. The molecule has 1 N–H and O–H groups in total. The van der Waals surface area contributed by atoms with Crippen molar-refractivity contribution in [3.05, 3.63) is 23.7 Å². The van der Waals surface area contributed by atoms with Gasteiger partial charge in [0.2, 0.25) is 0 Å². The molecule has 1 atom stereocenters. The van der Waals surface area contributed by atoms with Crippen molar-refractivity contribution < 1.29 is 14.3 Å². The van der Waals surface area contributed by atoms with Gasteiger partial charge in [-0.15, -0.1) is 0 Å². The fraction of sp³-hybridized carbons (Fsp3) is 0.667. The van der Waals surface area contributed by atoms with Gasteiger partial charge in [-0.2, -0.15) is 0 Å². The fourth-order valence-corrected chi connectivity index (χ4v) is 2.92. The highest BCUT2D eigenvalue weighted by atomic mass is 16.4. The Morgan fingerprint density at radius 2 is 2.11 bits per heavy atom. The van der Waals surface area contributed by atoms with E-state index < -0.39 is 11.4 Å². The third-order valence-electron chi connectivity index (χ3n) is 4.61. The van der Waals surface area contributed by atoms with Crippen molar-refractivity contribution in [2.45, 2.75) is 46.1 Å². The third-order valence-corrected chi connectivity index (χ3v) is 4.61. The highest BCUT2D eigenvalue weighted by Crippen LogP contribution is 2.37. The van der Waals surface area contributed by atoms with E-state index in [4.69, 9.17) is 4.42 Å². The van der Waals surface area contributed by atoms with Crippen LogP contribution in [0, 0.1) is 12.3 Å². The Morgan fingerprint density at radius 3 is 2.53 bits per heavy atom. The minimum Gasteiger partial charge on any atom is -0.481 e. The van der Waals surface area contributed by atoms with Crippen LogP contribution in [-0.4, -0.2) is 29.1 Å². The Labute approximate surface area is 114 Å². The van der Waals surface area contributed by atoms with Gasteiger partial charge in [-0.3, -0.25) is 9.69 Å². The summed E-state index contributed by atoms with van der Waals surface area (Å²) >= 11 is 0. The molecule has 0 bridgehead atoms. The number of aryl methyl sites for hydroxylation is 1. The first-order valence-electron chi connectivity index (χ1n) is 7.02. The number of nitrogens with zero attached hydrogens (tertiary/aromatic N) is 1. The molecule has 0 aromatic carbocycles. The fourth-order valence-electron chi connectivity index (χ4n) is 2.92. The van der Waals surface area contributed by atoms with Crippen LogP contribution < -0.4 is 0 Å². The smallest absolute Gasteiger partial charge is 0.309 e. The highest BCUT2D eigenvalue weighted by Gasteiger charge is 2.40. The summed E-state index contributed by atoms with van der Waals surface area (Å²) in [6.45, 7) is 7.68. The Balaban J connectivity index is 2.02. The second kappa shape index (κ2) is 5.37. The molecule has 2 heterocycles. The zero-order valence-corrected chi connectivity index (χ0v) is 12.0. The van der Waals surface area contributed by atoms with Crippen LogP contribution in [0.4, 0.5) is 0 Å². The van der Waals surface area contributed by atoms with Gasteiger partial charge < -0.3 is 9.52 Å². The van der Waals surface area contributed by atoms with E-state index >= 15 is 0 Å². The quantitative estimate of drug-likeness (QED) is 0.908. The van der Waals surface area contributed by atoms with Gasteiger partial charge in [0.05, 0.1) is 11.5 Å². The number of carbonyl (C=O) groups is 1. The Morgan fingerprint density at radius 1 is 1.47 bits per heavy atom. The number of furan rings is 1. The SMILES string of the molecule is CCC1(C(=O)O)CCN(C(C)c2ccc(C)o2)CC1. The predicted octanol–water partition coefficient (Wildman–Crippen LogP) is 3.23. The van der Waals surface area contributed by atoms with E-state index in [2.05, 4.69) is 11.8 Å². The number of piperidine rings is 1. The molecule has 0 spiro atoms. The molecule has 1 saturated heterocycles. The second-order valence-electron chi connectivity index (χ2n) is 5.60. The van der Waals surface area contributed by atoms with Gasteiger partial charge in [0.1, 0.15) is 11.5 Å². The molecule has 1 aromatic heterocycles. The van der Waals surface area contributed by atoms with Crippen molar-refractivity contribution in [2.75, 3.05) is 13.1 Å². The lowest BCUT2D eigenvalue weighted by Gasteiger charge is -2.40. The lowest BCUT2D eigenvalue weighted by Crippen LogP contribution is -2.44. The number of rotatable bonds is 4. The monoisotopic (exact) mass is 265 g/mol. The zero-order valence-electron chi connectivity index (χ0n) is 12.0. The van der Waals surface area contributed by atoms with Gasteiger partial charge in [0.15, 0.2) is 0 Å². The highest BCUT2D eigenvalue weighted by molar-refractivity contribution is 5.74. The lowest BCUT2D eigenvalue weighted by molar-refractivity contribution is -0.152. The van der Waals surface area contributed by atoms with Gasteiger partial charge in [-0.25, -0.2) is 0 Å². The molecule has 2 rings (SSSR count). The molecule has 1 aliphatic rings. The number of hydrogen-bond acceptors (Lipinski definition) is 3. The van der Waals surface area contributed by atoms with Crippen LogP contribution in [0.5, 0.6) is 0 Å². The van der Waals surface area contributed by atoms with E-state index in [1.54, 1.807) is 0 Å². The molecule has 0 aliphatic carbocycles. The molecule has 4 heteroatoms. The van der Waals surface area contributed by atoms with Gasteiger partial charge >= 0.3 is 5.97 Å². The van der Waals surface area contributed by atoms with E-state index in [1.807, 2.05) is 26.0 Å². The average Bonchev–Trinajstić information content (AvgIpc) is 2.84. The molecule has 0 saturated carbocycles. The molecule has 106 valence electrons. The maximum atomic E-state index is 11.4. The van der Waals surface area contributed by atoms with Crippen molar-refractivity contribution in [3.8, 4) is 0 Å². The number of likely N-dealkylation sites (tertiary alicyclic amines) is 1. The standard InChI is InChI=1S/C15H23NO3/c1-4-15(14(17)18)7-9-16(10-8-15)12(3)13-6-5-11(2)19-13/h5-6,12H,4,7-10H2,1-3H3,(H,17,18). The number of carboxylic acid groups (broad SMARTS) is 1. The molecule has 0 radical (unpaired) electrons. The van der Waals surface area contributed by atoms with E-state index in [-0.39, 0.29) is 6.04 Å². The second-order valence-corrected chi connectivity index (χ2v) is 5.60. The van der Waals surface area contributed by atoms with E-state index in [1.165, 1.54) is 0 Å². The summed E-state index contributed by atoms with van der Waals surface area (Å²) in [6, 6.07) is 4.21. The number of hydrogen-bond donors (Lipinski definition) is 1. The van der Waals surface area contributed by atoms with Crippen LogP contribution in [0.2, 0.25) is 0 Å². The largest absolute Gasteiger partial charge is 0.481 e. The summed E-state index contributed by atoms with van der Waals surface area (Å²) in [4.78, 5) is 13.7. The minimum atomic E-state index is -0.642. The molecule has 4 nitrogen and oxygen atoms in total. The topological polar surface area (TPSA) is 53.7 Å². The minimum absolute atomic E-state index is 0.220. The summed E-state index contributed by atoms with van der Waals surface area (Å²) in [5.74, 6) is 1.25. The predicted molar refractivity (Wildman–Crippen MR) is 73.0 cm³/mol. The van der Waals surface area contributed by atoms with Crippen molar-refractivity contribution >= 4 is 5.97 Å². The Kier molecular flexibility index (Phi) is 3.99. The van der Waals surface area contributed by atoms with E-state index in [9.17, 15) is 9.90 Å². The molecule has 19 heavy (non-hydrogen) atoms. The first-order valence-corrected chi connectivity index (χ1v) is 7.02. The molecule has 0 amide bonds. The Bertz CT molecular complexity index is 444. The van der Waals surface area contributed by atoms with E-state index in [0.717, 1.165) is 37.5 Å². The zero-order chi connectivity index (χ0) is 14.0. The van der Waals surface area contributed by atoms with Crippen molar-refractivity contribution in [2.24, 2.45) is 5.41 Å². The maximum Gasteiger partial charge on any atom is 0.309 e. The van der Waals surface area contributed by atoms with E-state index in [0.29, 0.717) is 6.42 Å². The van der Waals surface area contributed by atoms with Crippen molar-refractivity contribution in [1.29, 1.82) is 0 Å². The van der Waals surface area contributed by atoms with Crippen LogP contribution in [0.1, 0.15) is 50.7 Å². The van der Waals surface area contributed by atoms with Gasteiger partial charge in [-0.1, -0.05) is 6.92 Å². The summed E-state index contributed by atoms with van der Waals surface area (Å²) in [7, 11) is 0. The van der Waals surface area contributed by atoms with Crippen molar-refractivity contribution in [3.63, 3.8) is 0 Å². The first kappa shape index (κ1) is 14.1. The van der Waals surface area contributed by atoms with Gasteiger partial charge in [-0.05, 0) is 58.3 Å². The molecular weight excluding hydrogens is 242 g/mol. The summed E-state index contributed by atoms with van der Waals surface area (Å²) in [5.41, 5.74) is -0.519. The summed E-state index contributed by atoms with van der Waals surface area (Å²) in [6.07, 6.45) is 2.16. The van der Waals surface area contributed by atoms with Gasteiger partial charge in [0.25, 0.3) is 0 Å². The average molecular weight is 265 g/mol. The number of carboxylic acids is 1. The van der Waals surface area contributed by atoms with Crippen LogP contribution >= 0.6 is 0 Å². The molecule has 1 aromatic rings. The van der Waals surface area contributed by atoms with Crippen molar-refractivity contribution in [1.82, 2.24) is 4.90 Å². The molecule has 1 aliphatic heterocycles. The summed E-state index contributed by atoms with van der Waals surface area (Å²) < 4.78 is 5.67. The summed E-state index contributed by atoms with van der Waals surface area (Å²) in [5, 5.41) is 9.40. The van der Waals surface area contributed by atoms with Gasteiger partial charge in [0, 0.05) is 0 Å². The van der Waals surface area contributed by atoms with Crippen LogP contribution in [-0.2, 0) is 4.79 Å². The van der Waals surface area contributed by atoms with Crippen LogP contribution in [0.25, 0.3) is 0 Å².